The predicted octanol–water partition coefficient (Wildman–Crippen LogP) is 4.57. The van der Waals surface area contributed by atoms with Gasteiger partial charge in [-0.3, -0.25) is 9.89 Å². The fourth-order valence-corrected chi connectivity index (χ4v) is 4.39. The third kappa shape index (κ3) is 7.86. The molecule has 0 aliphatic rings. The molecule has 0 aliphatic carbocycles. The molecule has 0 saturated carbocycles. The van der Waals surface area contributed by atoms with Gasteiger partial charge in [0.25, 0.3) is 0 Å². The van der Waals surface area contributed by atoms with Crippen molar-refractivity contribution in [2.24, 2.45) is 4.99 Å². The van der Waals surface area contributed by atoms with Gasteiger partial charge in [-0.1, -0.05) is 26.0 Å². The maximum Gasteiger partial charge on any atom is 0.193 e. The molecule has 0 spiro atoms. The molecule has 0 saturated heterocycles. The minimum Gasteiger partial charge on any atom is -0.497 e. The van der Waals surface area contributed by atoms with Crippen molar-refractivity contribution >= 4 is 41.3 Å². The van der Waals surface area contributed by atoms with Crippen LogP contribution < -0.4 is 10.1 Å². The predicted molar refractivity (Wildman–Crippen MR) is 144 cm³/mol. The van der Waals surface area contributed by atoms with Crippen LogP contribution in [0.25, 0.3) is 0 Å². The molecule has 0 fully saturated rings. The number of nitrogens with one attached hydrogen (secondary N) is 1. The Hall–Kier alpha value is -1.43. The number of nitrogens with zero attached hydrogens (tertiary/aromatic N) is 4. The van der Waals surface area contributed by atoms with E-state index < -0.39 is 0 Å². The third-order valence-corrected chi connectivity index (χ3v) is 6.48. The van der Waals surface area contributed by atoms with E-state index in [-0.39, 0.29) is 36.1 Å². The Balaban J connectivity index is 0.00000512. The highest BCUT2D eigenvalue weighted by molar-refractivity contribution is 14.0. The first-order chi connectivity index (χ1) is 15.0. The largest absolute Gasteiger partial charge is 0.497 e. The second kappa shape index (κ2) is 14.7. The van der Waals surface area contributed by atoms with Crippen molar-refractivity contribution < 1.29 is 9.47 Å². The van der Waals surface area contributed by atoms with E-state index in [9.17, 15) is 0 Å². The Morgan fingerprint density at radius 1 is 1.25 bits per heavy atom. The van der Waals surface area contributed by atoms with E-state index in [0.717, 1.165) is 42.0 Å². The maximum atomic E-state index is 5.44. The van der Waals surface area contributed by atoms with Gasteiger partial charge in [-0.15, -0.1) is 35.3 Å². The number of guanidine groups is 1. The summed E-state index contributed by atoms with van der Waals surface area (Å²) in [5.41, 5.74) is 2.24. The molecule has 1 heterocycles. The molecule has 1 N–H and O–H groups in total. The van der Waals surface area contributed by atoms with E-state index in [1.165, 1.54) is 5.56 Å². The number of hydrogen-bond donors (Lipinski definition) is 1. The van der Waals surface area contributed by atoms with Gasteiger partial charge >= 0.3 is 0 Å². The molecule has 1 aromatic carbocycles. The average Bonchev–Trinajstić information content (AvgIpc) is 3.26. The van der Waals surface area contributed by atoms with Crippen LogP contribution in [0.3, 0.4) is 0 Å². The van der Waals surface area contributed by atoms with Gasteiger partial charge in [0.1, 0.15) is 16.9 Å². The Kier molecular flexibility index (Phi) is 13.1. The van der Waals surface area contributed by atoms with Crippen molar-refractivity contribution in [3.05, 3.63) is 45.9 Å². The number of aliphatic imine (C=N–C) groups is 1. The maximum absolute atomic E-state index is 5.44. The molecule has 2 aromatic rings. The number of aromatic nitrogens is 1. The topological polar surface area (TPSA) is 62.2 Å². The molecule has 0 aliphatic heterocycles. The summed E-state index contributed by atoms with van der Waals surface area (Å²) in [5.74, 6) is 1.72. The molecule has 180 valence electrons. The fraction of sp³-hybridized carbons (Fsp3) is 0.565. The summed E-state index contributed by atoms with van der Waals surface area (Å²) < 4.78 is 10.8. The van der Waals surface area contributed by atoms with E-state index in [0.29, 0.717) is 6.54 Å². The monoisotopic (exact) mass is 575 g/mol. The van der Waals surface area contributed by atoms with Crippen LogP contribution in [0.5, 0.6) is 5.75 Å². The van der Waals surface area contributed by atoms with E-state index in [2.05, 4.69) is 51.5 Å². The zero-order chi connectivity index (χ0) is 22.8. The minimum absolute atomic E-state index is 0. The van der Waals surface area contributed by atoms with Crippen LogP contribution in [-0.2, 0) is 11.3 Å². The molecule has 2 unspecified atom stereocenters. The molecule has 0 radical (unpaired) electrons. The SMILES string of the molecule is CCN(CC)C(CNC(=NC)N(C)Cc1csc(C(C)OC)n1)c1cccc(OC)c1.I. The second-order valence-corrected chi connectivity index (χ2v) is 8.24. The summed E-state index contributed by atoms with van der Waals surface area (Å²) in [6.45, 7) is 9.76. The van der Waals surface area contributed by atoms with Crippen LogP contribution in [0.1, 0.15) is 49.2 Å². The van der Waals surface area contributed by atoms with Crippen molar-refractivity contribution in [2.75, 3.05) is 47.9 Å². The number of likely N-dealkylation sites (N-methyl/N-ethyl adjacent to an activating group) is 1. The van der Waals surface area contributed by atoms with Crippen LogP contribution in [0, 0.1) is 0 Å². The summed E-state index contributed by atoms with van der Waals surface area (Å²) in [6, 6.07) is 8.52. The highest BCUT2D eigenvalue weighted by atomic mass is 127. The highest BCUT2D eigenvalue weighted by Gasteiger charge is 2.20. The van der Waals surface area contributed by atoms with E-state index in [1.54, 1.807) is 25.6 Å². The number of halogens is 1. The lowest BCUT2D eigenvalue weighted by molar-refractivity contribution is 0.119. The van der Waals surface area contributed by atoms with E-state index in [1.807, 2.05) is 33.2 Å². The first-order valence-corrected chi connectivity index (χ1v) is 11.6. The number of ether oxygens (including phenoxy) is 2. The van der Waals surface area contributed by atoms with Crippen molar-refractivity contribution in [1.82, 2.24) is 20.1 Å². The van der Waals surface area contributed by atoms with Crippen molar-refractivity contribution in [2.45, 2.75) is 39.5 Å². The van der Waals surface area contributed by atoms with Crippen molar-refractivity contribution in [3.63, 3.8) is 0 Å². The van der Waals surface area contributed by atoms with Gasteiger partial charge in [-0.25, -0.2) is 4.98 Å². The summed E-state index contributed by atoms with van der Waals surface area (Å²) in [7, 11) is 7.26. The number of benzene rings is 1. The van der Waals surface area contributed by atoms with Gasteiger partial charge in [0, 0.05) is 33.1 Å². The lowest BCUT2D eigenvalue weighted by Crippen LogP contribution is -2.43. The fourth-order valence-electron chi connectivity index (χ4n) is 3.54. The first kappa shape index (κ1) is 28.6. The summed E-state index contributed by atoms with van der Waals surface area (Å²) in [6.07, 6.45) is 0.0131. The molecule has 0 amide bonds. The number of thiazole rings is 1. The van der Waals surface area contributed by atoms with Crippen molar-refractivity contribution in [3.8, 4) is 5.75 Å². The van der Waals surface area contributed by atoms with E-state index >= 15 is 0 Å². The first-order valence-electron chi connectivity index (χ1n) is 10.7. The lowest BCUT2D eigenvalue weighted by Gasteiger charge is -2.32. The average molecular weight is 576 g/mol. The minimum atomic E-state index is 0. The summed E-state index contributed by atoms with van der Waals surface area (Å²) in [4.78, 5) is 13.7. The Labute approximate surface area is 214 Å². The van der Waals surface area contributed by atoms with E-state index in [4.69, 9.17) is 14.5 Å². The van der Waals surface area contributed by atoms with Crippen LogP contribution in [0.15, 0.2) is 34.6 Å². The summed E-state index contributed by atoms with van der Waals surface area (Å²) >= 11 is 1.63. The Bertz CT molecular complexity index is 828. The number of rotatable bonds is 11. The van der Waals surface area contributed by atoms with Crippen molar-refractivity contribution in [1.29, 1.82) is 0 Å². The second-order valence-electron chi connectivity index (χ2n) is 7.35. The van der Waals surface area contributed by atoms with Gasteiger partial charge in [0.05, 0.1) is 25.4 Å². The quantitative estimate of drug-likeness (QED) is 0.241. The zero-order valence-electron chi connectivity index (χ0n) is 20.3. The smallest absolute Gasteiger partial charge is 0.193 e. The van der Waals surface area contributed by atoms with Crippen LogP contribution in [0.4, 0.5) is 0 Å². The summed E-state index contributed by atoms with van der Waals surface area (Å²) in [5, 5.41) is 6.64. The molecule has 2 rings (SSSR count). The normalized spacial score (nSPS) is 13.4. The lowest BCUT2D eigenvalue weighted by atomic mass is 10.0. The molecule has 1 aromatic heterocycles. The number of methoxy groups -OCH3 is 2. The highest BCUT2D eigenvalue weighted by Crippen LogP contribution is 2.24. The Morgan fingerprint density at radius 2 is 1.97 bits per heavy atom. The molecule has 9 heteroatoms. The van der Waals surface area contributed by atoms with Gasteiger partial charge in [-0.05, 0) is 37.7 Å². The third-order valence-electron chi connectivity index (χ3n) is 5.43. The molecule has 0 bridgehead atoms. The Morgan fingerprint density at radius 3 is 2.56 bits per heavy atom. The van der Waals surface area contributed by atoms with Gasteiger partial charge < -0.3 is 19.7 Å². The molecule has 32 heavy (non-hydrogen) atoms. The molecular weight excluding hydrogens is 537 g/mol. The molecule has 2 atom stereocenters. The standard InChI is InChI=1S/C23H37N5O2S.HI/c1-8-28(9-2)21(18-11-10-12-20(13-18)30-7)14-25-23(24-4)27(5)15-19-16-31-22(26-19)17(3)29-6;/h10-13,16-17,21H,8-9,14-15H2,1-7H3,(H,24,25);1H. The number of hydrogen-bond acceptors (Lipinski definition) is 6. The van der Waals surface area contributed by atoms with Crippen LogP contribution in [0.2, 0.25) is 0 Å². The van der Waals surface area contributed by atoms with Gasteiger partial charge in [0.15, 0.2) is 5.96 Å². The van der Waals surface area contributed by atoms with Crippen LogP contribution in [-0.4, -0.2) is 68.7 Å². The zero-order valence-corrected chi connectivity index (χ0v) is 23.4. The van der Waals surface area contributed by atoms with Gasteiger partial charge in [0.2, 0.25) is 0 Å². The molecular formula is C23H38IN5O2S. The van der Waals surface area contributed by atoms with Gasteiger partial charge in [-0.2, -0.15) is 0 Å². The van der Waals surface area contributed by atoms with Crippen LogP contribution >= 0.6 is 35.3 Å². The molecule has 7 nitrogen and oxygen atoms in total.